The second kappa shape index (κ2) is 17.0. The maximum atomic E-state index is 14.9. The number of nitrogens with one attached hydrogen (secondary N) is 3. The van der Waals surface area contributed by atoms with Crippen LogP contribution in [0.2, 0.25) is 0 Å². The Kier molecular flexibility index (Phi) is 12.2. The lowest BCUT2D eigenvalue weighted by atomic mass is 9.87. The van der Waals surface area contributed by atoms with Gasteiger partial charge in [0.15, 0.2) is 0 Å². The number of rotatable bonds is 10. The number of hydrogen-bond donors (Lipinski definition) is 3. The maximum Gasteiger partial charge on any atom is 0.407 e. The van der Waals surface area contributed by atoms with Gasteiger partial charge in [-0.3, -0.25) is 19.1 Å². The Bertz CT molecular complexity index is 2210. The summed E-state index contributed by atoms with van der Waals surface area (Å²) in [7, 11) is -2.35. The molecule has 17 heteroatoms. The highest BCUT2D eigenvalue weighted by Gasteiger charge is 2.61. The molecule has 4 amide bonds. The van der Waals surface area contributed by atoms with Crippen molar-refractivity contribution in [1.82, 2.24) is 25.2 Å². The molecule has 1 aromatic carbocycles. The first-order valence-corrected chi connectivity index (χ1v) is 22.9. The number of thiophene rings is 1. The summed E-state index contributed by atoms with van der Waals surface area (Å²) in [4.78, 5) is 62.4. The van der Waals surface area contributed by atoms with Crippen LogP contribution in [0, 0.1) is 17.3 Å². The fourth-order valence-corrected chi connectivity index (χ4v) is 9.77. The van der Waals surface area contributed by atoms with E-state index in [0.29, 0.717) is 47.5 Å². The van der Waals surface area contributed by atoms with E-state index in [1.807, 2.05) is 47.5 Å². The zero-order valence-corrected chi connectivity index (χ0v) is 35.5. The number of nitrogens with zero attached hydrogens (tertiary/aromatic N) is 2. The van der Waals surface area contributed by atoms with E-state index in [0.717, 1.165) is 43.1 Å². The lowest BCUT2D eigenvalue weighted by molar-refractivity contribution is -0.142. The van der Waals surface area contributed by atoms with Crippen molar-refractivity contribution < 1.29 is 46.5 Å². The Labute approximate surface area is 348 Å². The molecule has 59 heavy (non-hydrogen) atoms. The molecule has 5 atom stereocenters. The Hall–Kier alpha value is -4.90. The van der Waals surface area contributed by atoms with Gasteiger partial charge in [0.1, 0.15) is 41.8 Å². The van der Waals surface area contributed by atoms with Crippen LogP contribution in [0.15, 0.2) is 47.7 Å². The van der Waals surface area contributed by atoms with E-state index in [-0.39, 0.29) is 43.9 Å². The van der Waals surface area contributed by atoms with Crippen LogP contribution in [0.25, 0.3) is 10.9 Å². The second-order valence-corrected chi connectivity index (χ2v) is 19.5. The van der Waals surface area contributed by atoms with Gasteiger partial charge in [-0.15, -0.1) is 6.58 Å². The molecule has 2 saturated carbocycles. The van der Waals surface area contributed by atoms with Crippen molar-refractivity contribution in [3.05, 3.63) is 58.8 Å². The number of cyclic esters (lactones) is 1. The summed E-state index contributed by atoms with van der Waals surface area (Å²) in [6.45, 7) is 8.19. The number of carbonyl (C=O) groups is 4. The molecule has 4 bridgehead atoms. The van der Waals surface area contributed by atoms with Crippen LogP contribution in [-0.2, 0) is 42.2 Å². The van der Waals surface area contributed by atoms with Crippen LogP contribution in [0.5, 0.6) is 17.4 Å². The lowest BCUT2D eigenvalue weighted by Crippen LogP contribution is -2.59. The van der Waals surface area contributed by atoms with Crippen molar-refractivity contribution in [2.45, 2.75) is 102 Å². The van der Waals surface area contributed by atoms with E-state index in [4.69, 9.17) is 23.9 Å². The molecule has 3 N–H and O–H groups in total. The maximum absolute atomic E-state index is 14.9. The van der Waals surface area contributed by atoms with E-state index in [1.54, 1.807) is 24.5 Å². The average molecular weight is 852 g/mol. The topological polar surface area (TPSA) is 192 Å². The van der Waals surface area contributed by atoms with Crippen molar-refractivity contribution in [3.63, 3.8) is 0 Å². The van der Waals surface area contributed by atoms with E-state index in [2.05, 4.69) is 17.2 Å². The van der Waals surface area contributed by atoms with Gasteiger partial charge in [-0.25, -0.2) is 18.2 Å². The van der Waals surface area contributed by atoms with E-state index >= 15 is 0 Å². The van der Waals surface area contributed by atoms with Crippen LogP contribution in [0.1, 0.15) is 76.3 Å². The largest absolute Gasteiger partial charge is 0.496 e. The summed E-state index contributed by atoms with van der Waals surface area (Å²) in [5.74, 6) is -1.37. The summed E-state index contributed by atoms with van der Waals surface area (Å²) < 4.78 is 50.7. The minimum Gasteiger partial charge on any atom is -0.496 e. The third kappa shape index (κ3) is 9.61. The molecule has 3 fully saturated rings. The van der Waals surface area contributed by atoms with E-state index in [1.165, 1.54) is 11.0 Å². The minimum absolute atomic E-state index is 0.0219. The molecule has 4 aliphatic rings. The molecule has 318 valence electrons. The van der Waals surface area contributed by atoms with Crippen molar-refractivity contribution in [2.24, 2.45) is 17.3 Å². The number of benzene rings is 1. The van der Waals surface area contributed by atoms with Gasteiger partial charge in [0.2, 0.25) is 27.7 Å². The first-order chi connectivity index (χ1) is 28.1. The van der Waals surface area contributed by atoms with Gasteiger partial charge in [0.25, 0.3) is 5.91 Å². The van der Waals surface area contributed by atoms with Gasteiger partial charge < -0.3 is 34.5 Å². The predicted molar refractivity (Wildman–Crippen MR) is 221 cm³/mol. The Balaban J connectivity index is 1.28. The minimum atomic E-state index is -3.96. The van der Waals surface area contributed by atoms with E-state index < -0.39 is 63.5 Å². The molecule has 7 rings (SSSR count). The molecule has 2 aromatic heterocycles. The van der Waals surface area contributed by atoms with Gasteiger partial charge in [-0.1, -0.05) is 32.8 Å². The Morgan fingerprint density at radius 2 is 1.95 bits per heavy atom. The molecule has 3 aromatic rings. The fourth-order valence-electron chi connectivity index (χ4n) is 8.59. The van der Waals surface area contributed by atoms with Crippen LogP contribution < -0.4 is 29.6 Å². The molecular weight excluding hydrogens is 799 g/mol. The van der Waals surface area contributed by atoms with Crippen LogP contribution in [0.4, 0.5) is 4.79 Å². The number of hydrogen-bond acceptors (Lipinski definition) is 12. The molecule has 0 radical (unpaired) electrons. The number of amides is 4. The first-order valence-electron chi connectivity index (χ1n) is 20.1. The number of aryl methyl sites for hydroxylation is 1. The summed E-state index contributed by atoms with van der Waals surface area (Å²) in [6, 6.07) is 5.39. The molecule has 2 aliphatic heterocycles. The van der Waals surface area contributed by atoms with Gasteiger partial charge >= 0.3 is 6.09 Å². The Morgan fingerprint density at radius 1 is 1.17 bits per heavy atom. The van der Waals surface area contributed by atoms with Crippen LogP contribution >= 0.6 is 11.3 Å². The van der Waals surface area contributed by atoms with Gasteiger partial charge in [-0.2, -0.15) is 11.3 Å². The Morgan fingerprint density at radius 3 is 2.63 bits per heavy atom. The number of pyridine rings is 1. The summed E-state index contributed by atoms with van der Waals surface area (Å²) in [5, 5.41) is 10.3. The smallest absolute Gasteiger partial charge is 0.407 e. The highest BCUT2D eigenvalue weighted by atomic mass is 32.2. The number of aromatic nitrogens is 1. The molecule has 15 nitrogen and oxygen atoms in total. The standard InChI is InChI=1S/C42H53N5O10S2/c1-6-28-20-42(28,39(50)46-59(5,52)53)45-37(48)32-17-29-21-47(32)38(49)36(26-10-7-8-11-26)44-40(51)56-24-41(2,3)14-9-12-27-16-30-31(18-33(27)54-4)43-35(19-34(30)57-29)55-22-25-13-15-58-23-25/h6,13,15-16,18-19,23,26,28-29,32,36H,1,7-12,14,17,20-22,24H2,2-5H3,(H,44,51)(H,45,48)(H,46,50)/t28-,29-,32+,36+,42-/m1/s1. The summed E-state index contributed by atoms with van der Waals surface area (Å²) in [5.41, 5.74) is 0.509. The SMILES string of the molecule is C=C[C@@H]1C[C@]1(NC(=O)[C@@H]1C[C@@H]2CN1C(=O)[C@H](C1CCCC1)NC(=O)OCC(C)(C)CCCc1cc3c(cc(OCc4ccsc4)nc3cc1OC)O2)C(=O)NS(C)(=O)=O. The quantitative estimate of drug-likeness (QED) is 0.232. The van der Waals surface area contributed by atoms with Gasteiger partial charge in [0.05, 0.1) is 32.0 Å². The lowest BCUT2D eigenvalue weighted by Gasteiger charge is -2.32. The summed E-state index contributed by atoms with van der Waals surface area (Å²) >= 11 is 1.56. The molecule has 0 unspecified atom stereocenters. The van der Waals surface area contributed by atoms with Crippen molar-refractivity contribution in [3.8, 4) is 17.4 Å². The monoisotopic (exact) mass is 851 g/mol. The number of sulfonamides is 1. The molecule has 1 saturated heterocycles. The van der Waals surface area contributed by atoms with Gasteiger partial charge in [0, 0.05) is 35.4 Å². The molecule has 0 spiro atoms. The van der Waals surface area contributed by atoms with Crippen molar-refractivity contribution in [1.29, 1.82) is 0 Å². The second-order valence-electron chi connectivity index (χ2n) is 17.0. The number of carbonyl (C=O) groups excluding carboxylic acids is 4. The highest BCUT2D eigenvalue weighted by molar-refractivity contribution is 7.89. The van der Waals surface area contributed by atoms with Gasteiger partial charge in [-0.05, 0) is 78.3 Å². The molecule has 2 aliphatic carbocycles. The zero-order valence-electron chi connectivity index (χ0n) is 33.9. The van der Waals surface area contributed by atoms with E-state index in [9.17, 15) is 27.6 Å². The zero-order chi connectivity index (χ0) is 42.1. The van der Waals surface area contributed by atoms with Crippen LogP contribution in [0.3, 0.4) is 0 Å². The average Bonchev–Trinajstić information content (AvgIpc) is 3.68. The number of ether oxygens (including phenoxy) is 4. The predicted octanol–water partition coefficient (Wildman–Crippen LogP) is 5.02. The summed E-state index contributed by atoms with van der Waals surface area (Å²) in [6.07, 6.45) is 6.36. The number of fused-ring (bicyclic) bond motifs is 3. The molecule has 4 heterocycles. The third-order valence-corrected chi connectivity index (χ3v) is 13.2. The van der Waals surface area contributed by atoms with Crippen LogP contribution in [-0.4, -0.2) is 92.4 Å². The molecular formula is C42H53N5O10S2. The highest BCUT2D eigenvalue weighted by Crippen LogP contribution is 2.45. The number of alkyl carbamates (subject to hydrolysis) is 1. The first kappa shape index (κ1) is 42.2. The van der Waals surface area contributed by atoms with Crippen molar-refractivity contribution in [2.75, 3.05) is 26.5 Å². The third-order valence-electron chi connectivity index (χ3n) is 11.9. The van der Waals surface area contributed by atoms with Crippen molar-refractivity contribution >= 4 is 56.1 Å². The fraction of sp³-hybridized carbons (Fsp3) is 0.548. The normalized spacial score (nSPS) is 26.2. The number of methoxy groups -OCH3 is 1.